The fourth-order valence-electron chi connectivity index (χ4n) is 9.46. The highest BCUT2D eigenvalue weighted by Crippen LogP contribution is 2.35. The number of unbranched alkanes of at least 4 members (excludes halogenated alkanes) is 33. The van der Waals surface area contributed by atoms with E-state index in [9.17, 15) is 25.2 Å². The van der Waals surface area contributed by atoms with Crippen molar-refractivity contribution in [1.29, 1.82) is 0 Å². The number of ether oxygens (including phenoxy) is 5. The predicted molar refractivity (Wildman–Crippen MR) is 256 cm³/mol. The summed E-state index contributed by atoms with van der Waals surface area (Å²) in [6, 6.07) is 0. The Morgan fingerprint density at radius 3 is 1.29 bits per heavy atom. The van der Waals surface area contributed by atoms with Gasteiger partial charge in [-0.1, -0.05) is 232 Å². The lowest BCUT2D eigenvalue weighted by atomic mass is 9.99. The zero-order chi connectivity index (χ0) is 45.8. The topological polar surface area (TPSA) is 144 Å². The molecule has 2 rings (SSSR count). The summed E-state index contributed by atoms with van der Waals surface area (Å²) in [4.78, 5) is 13.3. The van der Waals surface area contributed by atoms with Gasteiger partial charge in [0.25, 0.3) is 0 Å². The molecule has 0 aromatic heterocycles. The molecule has 2 fully saturated rings. The van der Waals surface area contributed by atoms with Crippen molar-refractivity contribution in [2.24, 2.45) is 0 Å². The second-order valence-electron chi connectivity index (χ2n) is 19.9. The third-order valence-electron chi connectivity index (χ3n) is 13.5. The molecular formula is C53H102O10. The minimum Gasteiger partial charge on any atom is -0.457 e. The van der Waals surface area contributed by atoms with Gasteiger partial charge in [-0.05, 0) is 26.7 Å². The molecule has 2 aliphatic rings. The van der Waals surface area contributed by atoms with Gasteiger partial charge in [-0.2, -0.15) is 0 Å². The van der Waals surface area contributed by atoms with E-state index in [0.29, 0.717) is 0 Å². The largest absolute Gasteiger partial charge is 0.457 e. The summed E-state index contributed by atoms with van der Waals surface area (Å²) in [5, 5.41) is 40.9. The fourth-order valence-corrected chi connectivity index (χ4v) is 9.46. The molecule has 0 aromatic carbocycles. The molecule has 374 valence electrons. The first-order chi connectivity index (χ1) is 30.6. The second kappa shape index (κ2) is 38.2. The second-order valence-corrected chi connectivity index (χ2v) is 19.9. The highest BCUT2D eigenvalue weighted by atomic mass is 16.8. The van der Waals surface area contributed by atoms with Crippen LogP contribution in [0.15, 0.2) is 0 Å². The van der Waals surface area contributed by atoms with Gasteiger partial charge in [0.1, 0.15) is 30.5 Å². The number of aliphatic hydroxyl groups is 4. The lowest BCUT2D eigenvalue weighted by Gasteiger charge is -2.40. The van der Waals surface area contributed by atoms with Crippen LogP contribution in [0, 0.1) is 0 Å². The Kier molecular flexibility index (Phi) is 35.3. The molecule has 10 heteroatoms. The highest BCUT2D eigenvalue weighted by molar-refractivity contribution is 5.69. The van der Waals surface area contributed by atoms with E-state index in [1.54, 1.807) is 0 Å². The number of esters is 1. The van der Waals surface area contributed by atoms with Crippen molar-refractivity contribution in [2.45, 2.75) is 320 Å². The van der Waals surface area contributed by atoms with E-state index in [2.05, 4.69) is 13.8 Å². The van der Waals surface area contributed by atoms with Crippen LogP contribution in [0.4, 0.5) is 0 Å². The fraction of sp³-hybridized carbons (Fsp3) is 0.981. The molecule has 0 aliphatic carbocycles. The molecule has 0 amide bonds. The maximum absolute atomic E-state index is 13.3. The van der Waals surface area contributed by atoms with Gasteiger partial charge in [0.05, 0.1) is 19.3 Å². The first-order valence-corrected chi connectivity index (χ1v) is 27.1. The van der Waals surface area contributed by atoms with Gasteiger partial charge in [0, 0.05) is 6.42 Å². The molecule has 63 heavy (non-hydrogen) atoms. The van der Waals surface area contributed by atoms with Gasteiger partial charge >= 0.3 is 5.97 Å². The number of rotatable bonds is 43. The molecule has 2 saturated heterocycles. The standard InChI is InChI=1S/C53H102O10/c1-5-7-9-11-13-15-17-19-20-21-22-23-24-25-26-27-28-29-31-33-35-37-39-41-47(55)60-46(43-59-52-50(58)49(57)48(56)45(42-54)61-52)51-44(62-53(3,4)63-51)40-38-36-34-32-30-18-16-14-12-10-8-6-2/h44-46,48-52,54,56-58H,5-43H2,1-4H3/t44-,45-,46+,48+,49+,50-,51-,52+/m1/s1. The van der Waals surface area contributed by atoms with Gasteiger partial charge in [0.2, 0.25) is 0 Å². The van der Waals surface area contributed by atoms with Crippen LogP contribution in [0.3, 0.4) is 0 Å². The summed E-state index contributed by atoms with van der Waals surface area (Å²) >= 11 is 0. The maximum atomic E-state index is 13.3. The zero-order valence-corrected chi connectivity index (χ0v) is 41.4. The van der Waals surface area contributed by atoms with E-state index in [1.807, 2.05) is 13.8 Å². The molecule has 0 unspecified atom stereocenters. The van der Waals surface area contributed by atoms with Crippen molar-refractivity contribution in [3.8, 4) is 0 Å². The SMILES string of the molecule is CCCCCCCCCCCCCCCCCCCCCCCCCC(=O)O[C@@H](CO[C@H]1O[C@H](CO)[C@H](O)[C@H](O)[C@H]1O)[C@@H]1OC(C)(C)O[C@@H]1CCCCCCCCCCCCCC. The normalized spacial score (nSPS) is 24.0. The number of aliphatic hydroxyl groups excluding tert-OH is 4. The van der Waals surface area contributed by atoms with Crippen molar-refractivity contribution in [2.75, 3.05) is 13.2 Å². The third kappa shape index (κ3) is 28.2. The van der Waals surface area contributed by atoms with Crippen LogP contribution in [-0.2, 0) is 28.5 Å². The Labute approximate surface area is 387 Å². The van der Waals surface area contributed by atoms with Gasteiger partial charge in [0.15, 0.2) is 18.2 Å². The number of hydrogen-bond acceptors (Lipinski definition) is 10. The molecule has 0 radical (unpaired) electrons. The molecule has 10 nitrogen and oxygen atoms in total. The Hall–Kier alpha value is -0.850. The monoisotopic (exact) mass is 899 g/mol. The molecule has 4 N–H and O–H groups in total. The first-order valence-electron chi connectivity index (χ1n) is 27.1. The summed E-state index contributed by atoms with van der Waals surface area (Å²) in [7, 11) is 0. The molecule has 0 spiro atoms. The van der Waals surface area contributed by atoms with Crippen molar-refractivity contribution >= 4 is 5.97 Å². The maximum Gasteiger partial charge on any atom is 0.306 e. The quantitative estimate of drug-likeness (QED) is 0.0345. The van der Waals surface area contributed by atoms with E-state index in [0.717, 1.165) is 38.5 Å². The lowest BCUT2D eigenvalue weighted by Crippen LogP contribution is -2.59. The van der Waals surface area contributed by atoms with Gasteiger partial charge in [-0.15, -0.1) is 0 Å². The van der Waals surface area contributed by atoms with Crippen molar-refractivity contribution in [1.82, 2.24) is 0 Å². The van der Waals surface area contributed by atoms with Crippen LogP contribution >= 0.6 is 0 Å². The summed E-state index contributed by atoms with van der Waals surface area (Å²) < 4.78 is 30.4. The lowest BCUT2D eigenvalue weighted by molar-refractivity contribution is -0.306. The van der Waals surface area contributed by atoms with E-state index in [-0.39, 0.29) is 25.1 Å². The van der Waals surface area contributed by atoms with Crippen LogP contribution < -0.4 is 0 Å². The average molecular weight is 899 g/mol. The minimum absolute atomic E-state index is 0.174. The Morgan fingerprint density at radius 2 is 0.889 bits per heavy atom. The molecule has 0 bridgehead atoms. The molecule has 8 atom stereocenters. The predicted octanol–water partition coefficient (Wildman–Crippen LogP) is 12.7. The Balaban J connectivity index is 1.67. The van der Waals surface area contributed by atoms with Gasteiger partial charge < -0.3 is 44.1 Å². The molecule has 2 aliphatic heterocycles. The van der Waals surface area contributed by atoms with Gasteiger partial charge in [-0.3, -0.25) is 4.79 Å². The Morgan fingerprint density at radius 1 is 0.508 bits per heavy atom. The summed E-state index contributed by atoms with van der Waals surface area (Å²) in [6.07, 6.45) is 37.7. The van der Waals surface area contributed by atoms with Crippen LogP contribution in [0.2, 0.25) is 0 Å². The van der Waals surface area contributed by atoms with E-state index in [1.165, 1.54) is 193 Å². The smallest absolute Gasteiger partial charge is 0.306 e. The summed E-state index contributed by atoms with van der Waals surface area (Å²) in [6.45, 7) is 7.54. The third-order valence-corrected chi connectivity index (χ3v) is 13.5. The van der Waals surface area contributed by atoms with Crippen LogP contribution in [0.25, 0.3) is 0 Å². The zero-order valence-electron chi connectivity index (χ0n) is 41.4. The van der Waals surface area contributed by atoms with Crippen LogP contribution in [0.1, 0.15) is 265 Å². The molecule has 2 heterocycles. The van der Waals surface area contributed by atoms with E-state index >= 15 is 0 Å². The summed E-state index contributed by atoms with van der Waals surface area (Å²) in [5.74, 6) is -1.22. The molecule has 0 saturated carbocycles. The van der Waals surface area contributed by atoms with Crippen LogP contribution in [0.5, 0.6) is 0 Å². The van der Waals surface area contributed by atoms with Crippen LogP contribution in [-0.4, -0.2) is 94.4 Å². The molecular weight excluding hydrogens is 797 g/mol. The minimum atomic E-state index is -1.57. The number of carbonyl (C=O) groups is 1. The number of carbonyl (C=O) groups excluding carboxylic acids is 1. The Bertz CT molecular complexity index is 1040. The average Bonchev–Trinajstić information content (AvgIpc) is 3.58. The van der Waals surface area contributed by atoms with Crippen molar-refractivity contribution in [3.05, 3.63) is 0 Å². The molecule has 0 aromatic rings. The first kappa shape index (κ1) is 58.3. The van der Waals surface area contributed by atoms with E-state index < -0.39 is 55.3 Å². The van der Waals surface area contributed by atoms with Gasteiger partial charge in [-0.25, -0.2) is 0 Å². The highest BCUT2D eigenvalue weighted by Gasteiger charge is 2.48. The number of hydrogen-bond donors (Lipinski definition) is 4. The van der Waals surface area contributed by atoms with E-state index in [4.69, 9.17) is 23.7 Å². The van der Waals surface area contributed by atoms with Crippen molar-refractivity contribution in [3.63, 3.8) is 0 Å². The van der Waals surface area contributed by atoms with Crippen molar-refractivity contribution < 1.29 is 48.9 Å². The summed E-state index contributed by atoms with van der Waals surface area (Å²) in [5.41, 5.74) is 0.